The molecule has 0 aromatic heterocycles. The molecule has 0 aliphatic carbocycles. The van der Waals surface area contributed by atoms with E-state index >= 15 is 0 Å². The number of halogens is 3. The quantitative estimate of drug-likeness (QED) is 0.638. The topological polar surface area (TPSA) is 20.2 Å². The van der Waals surface area contributed by atoms with Crippen molar-refractivity contribution in [3.63, 3.8) is 0 Å². The molecule has 0 amide bonds. The van der Waals surface area contributed by atoms with Gasteiger partial charge in [-0.1, -0.05) is 54.1 Å². The highest BCUT2D eigenvalue weighted by molar-refractivity contribution is 9.10. The van der Waals surface area contributed by atoms with Crippen LogP contribution in [0.2, 0.25) is 5.02 Å². The lowest BCUT2D eigenvalue weighted by Gasteiger charge is -2.16. The highest BCUT2D eigenvalue weighted by Gasteiger charge is 2.19. The van der Waals surface area contributed by atoms with Gasteiger partial charge in [0, 0.05) is 16.0 Å². The van der Waals surface area contributed by atoms with Gasteiger partial charge in [-0.3, -0.25) is 0 Å². The maximum atomic E-state index is 14.2. The SMILES string of the molecule is OC(c1cccc(Br)c1F)c1ccc(Cl)c2ccccc12. The van der Waals surface area contributed by atoms with E-state index in [1.54, 1.807) is 30.3 Å². The van der Waals surface area contributed by atoms with Gasteiger partial charge in [0.1, 0.15) is 11.9 Å². The van der Waals surface area contributed by atoms with Crippen molar-refractivity contribution in [1.82, 2.24) is 0 Å². The smallest absolute Gasteiger partial charge is 0.143 e. The van der Waals surface area contributed by atoms with Gasteiger partial charge in [-0.25, -0.2) is 4.39 Å². The Labute approximate surface area is 135 Å². The molecule has 1 unspecified atom stereocenters. The molecule has 21 heavy (non-hydrogen) atoms. The number of hydrogen-bond donors (Lipinski definition) is 1. The summed E-state index contributed by atoms with van der Waals surface area (Å²) in [5.41, 5.74) is 0.865. The first-order valence-corrected chi connectivity index (χ1v) is 7.56. The molecule has 0 spiro atoms. The van der Waals surface area contributed by atoms with Crippen molar-refractivity contribution in [3.8, 4) is 0 Å². The second-order valence-corrected chi connectivity index (χ2v) is 5.99. The normalized spacial score (nSPS) is 12.6. The molecule has 0 aliphatic rings. The van der Waals surface area contributed by atoms with E-state index in [0.29, 0.717) is 15.1 Å². The van der Waals surface area contributed by atoms with E-state index in [1.807, 2.05) is 24.3 Å². The summed E-state index contributed by atoms with van der Waals surface area (Å²) in [6, 6.07) is 15.8. The van der Waals surface area contributed by atoms with Gasteiger partial charge in [0.15, 0.2) is 0 Å². The highest BCUT2D eigenvalue weighted by atomic mass is 79.9. The van der Waals surface area contributed by atoms with E-state index in [-0.39, 0.29) is 5.56 Å². The lowest BCUT2D eigenvalue weighted by atomic mass is 9.95. The van der Waals surface area contributed by atoms with Crippen molar-refractivity contribution in [2.75, 3.05) is 0 Å². The molecule has 0 radical (unpaired) electrons. The first-order chi connectivity index (χ1) is 10.1. The number of rotatable bonds is 2. The molecule has 3 rings (SSSR count). The average molecular weight is 366 g/mol. The molecule has 0 saturated heterocycles. The Bertz CT molecular complexity index is 819. The molecule has 0 aliphatic heterocycles. The van der Waals surface area contributed by atoms with Crippen molar-refractivity contribution in [2.24, 2.45) is 0 Å². The highest BCUT2D eigenvalue weighted by Crippen LogP contribution is 2.34. The van der Waals surface area contributed by atoms with Crippen molar-refractivity contribution in [3.05, 3.63) is 81.0 Å². The number of hydrogen-bond acceptors (Lipinski definition) is 1. The minimum absolute atomic E-state index is 0.233. The first-order valence-electron chi connectivity index (χ1n) is 6.38. The Balaban J connectivity index is 2.21. The fourth-order valence-corrected chi connectivity index (χ4v) is 3.03. The predicted molar refractivity (Wildman–Crippen MR) is 87.1 cm³/mol. The molecule has 0 saturated carbocycles. The van der Waals surface area contributed by atoms with Crippen LogP contribution in [0.15, 0.2) is 59.1 Å². The van der Waals surface area contributed by atoms with Crippen LogP contribution in [-0.2, 0) is 0 Å². The summed E-state index contributed by atoms with van der Waals surface area (Å²) in [6.45, 7) is 0. The van der Waals surface area contributed by atoms with Gasteiger partial charge in [-0.2, -0.15) is 0 Å². The third kappa shape index (κ3) is 2.57. The van der Waals surface area contributed by atoms with E-state index in [0.717, 1.165) is 10.8 Å². The molecule has 0 heterocycles. The maximum Gasteiger partial charge on any atom is 0.143 e. The molecular formula is C17H11BrClFO. The Morgan fingerprint density at radius 1 is 0.905 bits per heavy atom. The third-order valence-corrected chi connectivity index (χ3v) is 4.42. The van der Waals surface area contributed by atoms with E-state index < -0.39 is 11.9 Å². The summed E-state index contributed by atoms with van der Waals surface area (Å²) in [5, 5.41) is 12.8. The number of aliphatic hydroxyl groups excluding tert-OH is 1. The monoisotopic (exact) mass is 364 g/mol. The van der Waals surface area contributed by atoms with Crippen molar-refractivity contribution >= 4 is 38.3 Å². The van der Waals surface area contributed by atoms with Gasteiger partial charge >= 0.3 is 0 Å². The van der Waals surface area contributed by atoms with Crippen molar-refractivity contribution in [2.45, 2.75) is 6.10 Å². The minimum atomic E-state index is -1.05. The molecular weight excluding hydrogens is 355 g/mol. The molecule has 3 aromatic rings. The van der Waals surface area contributed by atoms with Gasteiger partial charge in [-0.15, -0.1) is 0 Å². The second kappa shape index (κ2) is 5.76. The Morgan fingerprint density at radius 3 is 2.38 bits per heavy atom. The van der Waals surface area contributed by atoms with Crippen molar-refractivity contribution < 1.29 is 9.50 Å². The summed E-state index contributed by atoms with van der Waals surface area (Å²) in [4.78, 5) is 0. The zero-order chi connectivity index (χ0) is 15.0. The minimum Gasteiger partial charge on any atom is -0.384 e. The summed E-state index contributed by atoms with van der Waals surface area (Å²) < 4.78 is 14.5. The zero-order valence-corrected chi connectivity index (χ0v) is 13.2. The molecule has 3 aromatic carbocycles. The third-order valence-electron chi connectivity index (χ3n) is 3.48. The molecule has 0 bridgehead atoms. The van der Waals surface area contributed by atoms with Crippen LogP contribution in [0, 0.1) is 5.82 Å². The van der Waals surface area contributed by atoms with Crippen molar-refractivity contribution in [1.29, 1.82) is 0 Å². The van der Waals surface area contributed by atoms with Crippen LogP contribution >= 0.6 is 27.5 Å². The Hall–Kier alpha value is -1.42. The molecule has 1 nitrogen and oxygen atoms in total. The number of benzene rings is 3. The number of aliphatic hydroxyl groups is 1. The summed E-state index contributed by atoms with van der Waals surface area (Å²) in [6.07, 6.45) is -1.05. The second-order valence-electron chi connectivity index (χ2n) is 4.73. The van der Waals surface area contributed by atoms with Crippen LogP contribution < -0.4 is 0 Å². The van der Waals surface area contributed by atoms with Gasteiger partial charge in [0.25, 0.3) is 0 Å². The first kappa shape index (κ1) is 14.5. The maximum absolute atomic E-state index is 14.2. The van der Waals surface area contributed by atoms with Crippen LogP contribution in [0.1, 0.15) is 17.2 Å². The molecule has 106 valence electrons. The lowest BCUT2D eigenvalue weighted by molar-refractivity contribution is 0.216. The average Bonchev–Trinajstić information content (AvgIpc) is 2.50. The van der Waals surface area contributed by atoms with E-state index in [1.165, 1.54) is 0 Å². The molecule has 0 fully saturated rings. The lowest BCUT2D eigenvalue weighted by Crippen LogP contribution is -2.04. The summed E-state index contributed by atoms with van der Waals surface area (Å²) >= 11 is 9.31. The van der Waals surface area contributed by atoms with Gasteiger partial charge in [0.2, 0.25) is 0 Å². The van der Waals surface area contributed by atoms with Crippen LogP contribution in [0.25, 0.3) is 10.8 Å². The summed E-state index contributed by atoms with van der Waals surface area (Å²) in [7, 11) is 0. The molecule has 1 N–H and O–H groups in total. The van der Waals surface area contributed by atoms with Gasteiger partial charge in [-0.05, 0) is 39.0 Å². The Morgan fingerprint density at radius 2 is 1.62 bits per heavy atom. The Kier molecular flexibility index (Phi) is 3.98. The molecule has 4 heteroatoms. The molecule has 1 atom stereocenters. The van der Waals surface area contributed by atoms with E-state index in [9.17, 15) is 9.50 Å². The predicted octanol–water partition coefficient (Wildman–Crippen LogP) is 5.48. The summed E-state index contributed by atoms with van der Waals surface area (Å²) in [5.74, 6) is -0.455. The van der Waals surface area contributed by atoms with Crippen LogP contribution in [0.3, 0.4) is 0 Å². The largest absolute Gasteiger partial charge is 0.384 e. The fourth-order valence-electron chi connectivity index (χ4n) is 2.42. The van der Waals surface area contributed by atoms with Gasteiger partial charge < -0.3 is 5.11 Å². The van der Waals surface area contributed by atoms with Gasteiger partial charge in [0.05, 0.1) is 4.47 Å². The van der Waals surface area contributed by atoms with E-state index in [2.05, 4.69) is 15.9 Å². The van der Waals surface area contributed by atoms with Crippen LogP contribution in [0.5, 0.6) is 0 Å². The fraction of sp³-hybridized carbons (Fsp3) is 0.0588. The standard InChI is InChI=1S/C17H11BrClFO/c18-14-7-3-6-13(16(14)20)17(21)12-8-9-15(19)11-5-2-1-4-10(11)12/h1-9,17,21H. The van der Waals surface area contributed by atoms with Crippen LogP contribution in [0.4, 0.5) is 4.39 Å². The van der Waals surface area contributed by atoms with E-state index in [4.69, 9.17) is 11.6 Å². The van der Waals surface area contributed by atoms with Crippen LogP contribution in [-0.4, -0.2) is 5.11 Å². The zero-order valence-electron chi connectivity index (χ0n) is 10.9. The number of fused-ring (bicyclic) bond motifs is 1.